The lowest BCUT2D eigenvalue weighted by molar-refractivity contribution is -0.385. The number of nitrogens with zero attached hydrogens (tertiary/aromatic N) is 1. The summed E-state index contributed by atoms with van der Waals surface area (Å²) in [6, 6.07) is 7.63. The highest BCUT2D eigenvalue weighted by Crippen LogP contribution is 2.16. The van der Waals surface area contributed by atoms with Crippen LogP contribution in [0.2, 0.25) is 0 Å². The molecule has 3 heteroatoms. The van der Waals surface area contributed by atoms with Crippen LogP contribution in [0.5, 0.6) is 0 Å². The topological polar surface area (TPSA) is 43.1 Å². The molecule has 0 unspecified atom stereocenters. The molecule has 0 N–H and O–H groups in total. The Morgan fingerprint density at radius 2 is 2.45 bits per heavy atom. The number of nitro benzene ring substituents is 1. The van der Waals surface area contributed by atoms with Gasteiger partial charge in [0.05, 0.1) is 4.92 Å². The molecule has 1 radical (unpaired) electrons. The Balaban J connectivity index is 3.12. The summed E-state index contributed by atoms with van der Waals surface area (Å²) in [4.78, 5) is 9.99. The maximum Gasteiger partial charge on any atom is 0.273 e. The van der Waals surface area contributed by atoms with E-state index in [0.29, 0.717) is 12.0 Å². The van der Waals surface area contributed by atoms with Gasteiger partial charge in [0.15, 0.2) is 0 Å². The van der Waals surface area contributed by atoms with Crippen molar-refractivity contribution in [3.05, 3.63) is 39.9 Å². The molecule has 0 amide bonds. The van der Waals surface area contributed by atoms with E-state index in [2.05, 4.69) is 6.07 Å². The van der Waals surface area contributed by atoms with Crippen LogP contribution >= 0.6 is 0 Å². The van der Waals surface area contributed by atoms with Crippen molar-refractivity contribution >= 4 is 5.69 Å². The van der Waals surface area contributed by atoms with Crippen molar-refractivity contribution in [3.8, 4) is 0 Å². The SMILES string of the molecule is CCc1[c]cccc1[N+](=O)[O-]. The summed E-state index contributed by atoms with van der Waals surface area (Å²) < 4.78 is 0. The quantitative estimate of drug-likeness (QED) is 0.477. The molecular weight excluding hydrogens is 142 g/mol. The molecule has 0 saturated heterocycles. The third-order valence-electron chi connectivity index (χ3n) is 1.47. The minimum atomic E-state index is -0.380. The van der Waals surface area contributed by atoms with Gasteiger partial charge in [0.25, 0.3) is 5.69 Å². The van der Waals surface area contributed by atoms with E-state index in [1.807, 2.05) is 6.92 Å². The maximum absolute atomic E-state index is 10.4. The normalized spacial score (nSPS) is 9.55. The van der Waals surface area contributed by atoms with Crippen molar-refractivity contribution in [2.24, 2.45) is 0 Å². The van der Waals surface area contributed by atoms with Gasteiger partial charge in [-0.15, -0.1) is 0 Å². The number of benzene rings is 1. The highest BCUT2D eigenvalue weighted by Gasteiger charge is 2.09. The van der Waals surface area contributed by atoms with Gasteiger partial charge in [-0.05, 0) is 12.5 Å². The molecule has 0 aliphatic heterocycles. The molecule has 0 saturated carbocycles. The molecule has 0 bridgehead atoms. The number of aryl methyl sites for hydroxylation is 1. The largest absolute Gasteiger partial charge is 0.273 e. The molecular formula is C8H8NO2. The van der Waals surface area contributed by atoms with E-state index in [1.165, 1.54) is 6.07 Å². The molecule has 0 atom stereocenters. The van der Waals surface area contributed by atoms with Gasteiger partial charge < -0.3 is 0 Å². The van der Waals surface area contributed by atoms with Crippen LogP contribution in [0.15, 0.2) is 18.2 Å². The summed E-state index contributed by atoms with van der Waals surface area (Å²) >= 11 is 0. The average molecular weight is 150 g/mol. The smallest absolute Gasteiger partial charge is 0.258 e. The lowest BCUT2D eigenvalue weighted by atomic mass is 10.1. The van der Waals surface area contributed by atoms with E-state index in [4.69, 9.17) is 0 Å². The highest BCUT2D eigenvalue weighted by atomic mass is 16.6. The Morgan fingerprint density at radius 3 is 2.91 bits per heavy atom. The van der Waals surface area contributed by atoms with E-state index in [1.54, 1.807) is 12.1 Å². The lowest BCUT2D eigenvalue weighted by Crippen LogP contribution is -1.93. The fourth-order valence-corrected chi connectivity index (χ4v) is 0.917. The first-order valence-electron chi connectivity index (χ1n) is 3.39. The molecule has 0 fully saturated rings. The Hall–Kier alpha value is -1.38. The summed E-state index contributed by atoms with van der Waals surface area (Å²) in [6.07, 6.45) is 0.650. The van der Waals surface area contributed by atoms with Crippen molar-refractivity contribution < 1.29 is 4.92 Å². The van der Waals surface area contributed by atoms with Crippen molar-refractivity contribution in [1.82, 2.24) is 0 Å². The molecule has 1 aromatic rings. The van der Waals surface area contributed by atoms with E-state index in [0.717, 1.165) is 0 Å². The zero-order valence-corrected chi connectivity index (χ0v) is 6.20. The zero-order chi connectivity index (χ0) is 8.27. The monoisotopic (exact) mass is 150 g/mol. The Labute approximate surface area is 64.8 Å². The van der Waals surface area contributed by atoms with E-state index >= 15 is 0 Å². The van der Waals surface area contributed by atoms with E-state index in [-0.39, 0.29) is 10.6 Å². The minimum Gasteiger partial charge on any atom is -0.258 e. The van der Waals surface area contributed by atoms with Crippen molar-refractivity contribution in [2.45, 2.75) is 13.3 Å². The number of nitro groups is 1. The van der Waals surface area contributed by atoms with Crippen LogP contribution in [0.1, 0.15) is 12.5 Å². The van der Waals surface area contributed by atoms with Gasteiger partial charge in [-0.2, -0.15) is 0 Å². The molecule has 1 rings (SSSR count). The second kappa shape index (κ2) is 3.14. The molecule has 11 heavy (non-hydrogen) atoms. The highest BCUT2D eigenvalue weighted by molar-refractivity contribution is 5.38. The van der Waals surface area contributed by atoms with Crippen LogP contribution in [0, 0.1) is 16.2 Å². The molecule has 1 aromatic carbocycles. The Kier molecular flexibility index (Phi) is 2.21. The number of hydrogen-bond acceptors (Lipinski definition) is 2. The van der Waals surface area contributed by atoms with Crippen molar-refractivity contribution in [3.63, 3.8) is 0 Å². The first-order valence-corrected chi connectivity index (χ1v) is 3.39. The number of hydrogen-bond donors (Lipinski definition) is 0. The second-order valence-electron chi connectivity index (χ2n) is 2.14. The Bertz CT molecular complexity index is 271. The molecule has 0 heterocycles. The van der Waals surface area contributed by atoms with E-state index in [9.17, 15) is 10.1 Å². The first-order chi connectivity index (χ1) is 5.25. The minimum absolute atomic E-state index is 0.162. The van der Waals surface area contributed by atoms with Crippen molar-refractivity contribution in [2.75, 3.05) is 0 Å². The summed E-state index contributed by atoms with van der Waals surface area (Å²) in [6.45, 7) is 1.87. The third kappa shape index (κ3) is 1.55. The van der Waals surface area contributed by atoms with Gasteiger partial charge >= 0.3 is 0 Å². The predicted molar refractivity (Wildman–Crippen MR) is 41.3 cm³/mol. The molecule has 57 valence electrons. The van der Waals surface area contributed by atoms with Crippen LogP contribution in [0.3, 0.4) is 0 Å². The van der Waals surface area contributed by atoms with Crippen LogP contribution in [-0.4, -0.2) is 4.92 Å². The Morgan fingerprint density at radius 1 is 1.73 bits per heavy atom. The summed E-state index contributed by atoms with van der Waals surface area (Å²) in [5.41, 5.74) is 0.826. The summed E-state index contributed by atoms with van der Waals surface area (Å²) in [7, 11) is 0. The molecule has 0 aromatic heterocycles. The van der Waals surface area contributed by atoms with Crippen LogP contribution in [0.25, 0.3) is 0 Å². The van der Waals surface area contributed by atoms with Gasteiger partial charge in [0, 0.05) is 11.6 Å². The van der Waals surface area contributed by atoms with E-state index < -0.39 is 0 Å². The third-order valence-corrected chi connectivity index (χ3v) is 1.47. The average Bonchev–Trinajstić information content (AvgIpc) is 2.04. The molecule has 0 aliphatic carbocycles. The maximum atomic E-state index is 10.4. The predicted octanol–water partition coefficient (Wildman–Crippen LogP) is 1.96. The molecule has 0 spiro atoms. The summed E-state index contributed by atoms with van der Waals surface area (Å²) in [5, 5.41) is 10.4. The van der Waals surface area contributed by atoms with Crippen LogP contribution in [-0.2, 0) is 6.42 Å². The summed E-state index contributed by atoms with van der Waals surface area (Å²) in [5.74, 6) is 0. The second-order valence-corrected chi connectivity index (χ2v) is 2.14. The first kappa shape index (κ1) is 7.72. The van der Waals surface area contributed by atoms with Gasteiger partial charge in [0.1, 0.15) is 0 Å². The van der Waals surface area contributed by atoms with Gasteiger partial charge in [0.2, 0.25) is 0 Å². The van der Waals surface area contributed by atoms with Gasteiger partial charge in [-0.1, -0.05) is 19.1 Å². The fraction of sp³-hybridized carbons (Fsp3) is 0.250. The van der Waals surface area contributed by atoms with Gasteiger partial charge in [-0.25, -0.2) is 0 Å². The fourth-order valence-electron chi connectivity index (χ4n) is 0.917. The van der Waals surface area contributed by atoms with Crippen LogP contribution in [0.4, 0.5) is 5.69 Å². The number of rotatable bonds is 2. The van der Waals surface area contributed by atoms with Crippen molar-refractivity contribution in [1.29, 1.82) is 0 Å². The standard InChI is InChI=1S/C8H8NO2/c1-2-7-5-3-4-6-8(7)9(10)11/h3-4,6H,2H2,1H3. The van der Waals surface area contributed by atoms with Crippen LogP contribution < -0.4 is 0 Å². The van der Waals surface area contributed by atoms with Gasteiger partial charge in [-0.3, -0.25) is 10.1 Å². The molecule has 3 nitrogen and oxygen atoms in total. The molecule has 0 aliphatic rings. The zero-order valence-electron chi connectivity index (χ0n) is 6.20. The lowest BCUT2D eigenvalue weighted by Gasteiger charge is -1.95.